The van der Waals surface area contributed by atoms with Crippen LogP contribution >= 0.6 is 0 Å². The summed E-state index contributed by atoms with van der Waals surface area (Å²) in [5.74, 6) is 0.683. The van der Waals surface area contributed by atoms with Crippen LogP contribution in [-0.4, -0.2) is 39.2 Å². The molecular weight excluding hydrogens is 318 g/mol. The Morgan fingerprint density at radius 3 is 2.80 bits per heavy atom. The third-order valence-electron chi connectivity index (χ3n) is 4.35. The second-order valence-electron chi connectivity index (χ2n) is 6.02. The van der Waals surface area contributed by atoms with E-state index < -0.39 is 5.97 Å². The maximum Gasteiger partial charge on any atom is 0.335 e. The van der Waals surface area contributed by atoms with E-state index in [4.69, 9.17) is 10.7 Å². The molecule has 0 radical (unpaired) electrons. The Kier molecular flexibility index (Phi) is 4.85. The fourth-order valence-corrected chi connectivity index (χ4v) is 3.14. The van der Waals surface area contributed by atoms with E-state index >= 15 is 0 Å². The van der Waals surface area contributed by atoms with Gasteiger partial charge in [0.2, 0.25) is 0 Å². The summed E-state index contributed by atoms with van der Waals surface area (Å²) < 4.78 is 2.15. The van der Waals surface area contributed by atoms with E-state index in [0.29, 0.717) is 24.4 Å². The van der Waals surface area contributed by atoms with Crippen LogP contribution in [0.1, 0.15) is 35.9 Å². The van der Waals surface area contributed by atoms with Crippen molar-refractivity contribution in [2.24, 2.45) is 5.73 Å². The van der Waals surface area contributed by atoms with Crippen molar-refractivity contribution in [3.8, 4) is 0 Å². The minimum absolute atomic E-state index is 0.220. The molecule has 0 bridgehead atoms. The minimum Gasteiger partial charge on any atom is -0.478 e. The summed E-state index contributed by atoms with van der Waals surface area (Å²) in [7, 11) is 1.79. The van der Waals surface area contributed by atoms with Crippen molar-refractivity contribution in [1.29, 1.82) is 0 Å². The zero-order valence-corrected chi connectivity index (χ0v) is 14.5. The van der Waals surface area contributed by atoms with E-state index in [0.717, 1.165) is 41.5 Å². The van der Waals surface area contributed by atoms with Gasteiger partial charge in [0.05, 0.1) is 16.6 Å². The minimum atomic E-state index is -0.964. The average Bonchev–Trinajstić information content (AvgIpc) is 2.97. The Bertz CT molecular complexity index is 932. The molecule has 3 rings (SSSR count). The summed E-state index contributed by atoms with van der Waals surface area (Å²) in [6, 6.07) is 5.02. The molecule has 0 aliphatic carbocycles. The quantitative estimate of drug-likeness (QED) is 0.610. The zero-order valence-electron chi connectivity index (χ0n) is 14.5. The normalized spacial score (nSPS) is 11.3. The van der Waals surface area contributed by atoms with Gasteiger partial charge in [-0.25, -0.2) is 14.8 Å². The van der Waals surface area contributed by atoms with Gasteiger partial charge in [0.25, 0.3) is 0 Å². The van der Waals surface area contributed by atoms with Gasteiger partial charge in [0.1, 0.15) is 11.3 Å². The van der Waals surface area contributed by atoms with Crippen LogP contribution in [0, 0.1) is 0 Å². The average molecular weight is 341 g/mol. The lowest BCUT2D eigenvalue weighted by molar-refractivity contribution is 0.0697. The highest BCUT2D eigenvalue weighted by Gasteiger charge is 2.18. The number of nitrogens with zero attached hydrogens (tertiary/aromatic N) is 3. The summed E-state index contributed by atoms with van der Waals surface area (Å²) in [5.41, 5.74) is 8.45. The second-order valence-corrected chi connectivity index (χ2v) is 6.02. The Morgan fingerprint density at radius 1 is 1.36 bits per heavy atom. The first-order valence-electron chi connectivity index (χ1n) is 8.54. The molecule has 4 N–H and O–H groups in total. The van der Waals surface area contributed by atoms with Crippen LogP contribution in [0.4, 0.5) is 5.82 Å². The molecular formula is C18H23N5O2. The van der Waals surface area contributed by atoms with Gasteiger partial charge in [-0.1, -0.05) is 13.3 Å². The molecule has 3 aromatic rings. The van der Waals surface area contributed by atoms with Gasteiger partial charge in [-0.2, -0.15) is 0 Å². The number of carboxylic acid groups (broad SMARTS) is 1. The van der Waals surface area contributed by atoms with Crippen LogP contribution in [0.15, 0.2) is 18.2 Å². The van der Waals surface area contributed by atoms with Gasteiger partial charge in [-0.05, 0) is 24.6 Å². The van der Waals surface area contributed by atoms with E-state index in [9.17, 15) is 9.90 Å². The zero-order chi connectivity index (χ0) is 18.0. The molecule has 0 saturated heterocycles. The summed E-state index contributed by atoms with van der Waals surface area (Å²) in [4.78, 5) is 20.7. The predicted molar refractivity (Wildman–Crippen MR) is 99.2 cm³/mol. The highest BCUT2D eigenvalue weighted by atomic mass is 16.4. The van der Waals surface area contributed by atoms with Crippen molar-refractivity contribution < 1.29 is 9.90 Å². The molecule has 1 aromatic carbocycles. The fraction of sp³-hybridized carbons (Fsp3) is 0.389. The maximum absolute atomic E-state index is 11.3. The number of pyridine rings is 1. The summed E-state index contributed by atoms with van der Waals surface area (Å²) in [5, 5.41) is 13.2. The van der Waals surface area contributed by atoms with Crippen molar-refractivity contribution in [3.05, 3.63) is 29.6 Å². The number of imidazole rings is 1. The highest BCUT2D eigenvalue weighted by Crippen LogP contribution is 2.31. The van der Waals surface area contributed by atoms with Crippen LogP contribution in [0.3, 0.4) is 0 Å². The smallest absolute Gasteiger partial charge is 0.335 e. The topological polar surface area (TPSA) is 106 Å². The molecule has 0 atom stereocenters. The highest BCUT2D eigenvalue weighted by molar-refractivity contribution is 6.08. The van der Waals surface area contributed by atoms with Gasteiger partial charge < -0.3 is 20.7 Å². The van der Waals surface area contributed by atoms with Crippen molar-refractivity contribution in [1.82, 2.24) is 14.5 Å². The summed E-state index contributed by atoms with van der Waals surface area (Å²) in [6.07, 6.45) is 3.02. The number of carbonyl (C=O) groups is 1. The standard InChI is InChI=1S/C18H23N5O2/c1-3-4-5-14-22-15-16(23(14)9-8-19)12-7-6-11(18(24)25)10-13(12)21-17(15)20-2/h6-7,10H,3-5,8-9,19H2,1-2H3,(H,20,21)(H,24,25). The monoisotopic (exact) mass is 341 g/mol. The number of carboxylic acids is 1. The molecule has 25 heavy (non-hydrogen) atoms. The number of aromatic nitrogens is 3. The largest absolute Gasteiger partial charge is 0.478 e. The number of unbranched alkanes of at least 4 members (excludes halogenated alkanes) is 1. The number of nitrogens with one attached hydrogen (secondary N) is 1. The van der Waals surface area contributed by atoms with E-state index in [1.54, 1.807) is 19.2 Å². The van der Waals surface area contributed by atoms with E-state index in [1.165, 1.54) is 0 Å². The molecule has 2 heterocycles. The van der Waals surface area contributed by atoms with Crippen LogP contribution < -0.4 is 11.1 Å². The molecule has 0 saturated carbocycles. The van der Waals surface area contributed by atoms with Gasteiger partial charge in [0, 0.05) is 31.9 Å². The van der Waals surface area contributed by atoms with Crippen LogP contribution in [0.5, 0.6) is 0 Å². The third-order valence-corrected chi connectivity index (χ3v) is 4.35. The molecule has 0 aliphatic heterocycles. The van der Waals surface area contributed by atoms with Crippen LogP contribution in [0.25, 0.3) is 21.9 Å². The number of hydrogen-bond donors (Lipinski definition) is 3. The molecule has 0 unspecified atom stereocenters. The van der Waals surface area contributed by atoms with E-state index in [-0.39, 0.29) is 5.56 Å². The van der Waals surface area contributed by atoms with Crippen LogP contribution in [0.2, 0.25) is 0 Å². The molecule has 0 aliphatic rings. The number of benzene rings is 1. The van der Waals surface area contributed by atoms with E-state index in [1.807, 2.05) is 6.07 Å². The lowest BCUT2D eigenvalue weighted by Crippen LogP contribution is -2.13. The number of anilines is 1. The third kappa shape index (κ3) is 3.02. The second kappa shape index (κ2) is 7.06. The summed E-state index contributed by atoms with van der Waals surface area (Å²) in [6.45, 7) is 3.33. The SMILES string of the molecule is CCCCc1nc2c(NC)nc3cc(C(=O)O)ccc3c2n1CCN. The number of rotatable bonds is 7. The maximum atomic E-state index is 11.3. The molecule has 132 valence electrons. The van der Waals surface area contributed by atoms with Gasteiger partial charge in [0.15, 0.2) is 5.82 Å². The predicted octanol–water partition coefficient (Wildman–Crippen LogP) is 2.63. The Balaban J connectivity index is 2.34. The Hall–Kier alpha value is -2.67. The summed E-state index contributed by atoms with van der Waals surface area (Å²) >= 11 is 0. The van der Waals surface area contributed by atoms with Gasteiger partial charge in [-0.15, -0.1) is 0 Å². The first-order valence-corrected chi connectivity index (χ1v) is 8.54. The lowest BCUT2D eigenvalue weighted by atomic mass is 10.1. The number of nitrogens with two attached hydrogens (primary N) is 1. The molecule has 0 amide bonds. The first kappa shape index (κ1) is 17.2. The van der Waals surface area contributed by atoms with E-state index in [2.05, 4.69) is 21.8 Å². The Morgan fingerprint density at radius 2 is 2.16 bits per heavy atom. The molecule has 0 spiro atoms. The number of aromatic carboxylic acids is 1. The van der Waals surface area contributed by atoms with Crippen molar-refractivity contribution in [2.75, 3.05) is 18.9 Å². The Labute approximate surface area is 145 Å². The van der Waals surface area contributed by atoms with Crippen molar-refractivity contribution in [3.63, 3.8) is 0 Å². The van der Waals surface area contributed by atoms with Crippen LogP contribution in [-0.2, 0) is 13.0 Å². The fourth-order valence-electron chi connectivity index (χ4n) is 3.14. The van der Waals surface area contributed by atoms with Gasteiger partial charge >= 0.3 is 5.97 Å². The van der Waals surface area contributed by atoms with Crippen molar-refractivity contribution in [2.45, 2.75) is 32.7 Å². The molecule has 7 heteroatoms. The number of aryl methyl sites for hydroxylation is 1. The molecule has 7 nitrogen and oxygen atoms in total. The molecule has 2 aromatic heterocycles. The number of hydrogen-bond acceptors (Lipinski definition) is 5. The van der Waals surface area contributed by atoms with Gasteiger partial charge in [-0.3, -0.25) is 0 Å². The molecule has 0 fully saturated rings. The lowest BCUT2D eigenvalue weighted by Gasteiger charge is -2.10. The first-order chi connectivity index (χ1) is 12.1. The van der Waals surface area contributed by atoms with Crippen molar-refractivity contribution >= 4 is 33.7 Å². The number of fused-ring (bicyclic) bond motifs is 3.